The van der Waals surface area contributed by atoms with E-state index < -0.39 is 0 Å². The highest BCUT2D eigenvalue weighted by Gasteiger charge is 2.38. The molecule has 82 valence electrons. The van der Waals surface area contributed by atoms with Crippen molar-refractivity contribution in [1.29, 1.82) is 0 Å². The first-order valence-corrected chi connectivity index (χ1v) is 5.51. The van der Waals surface area contributed by atoms with Crippen LogP contribution in [0, 0.1) is 0 Å². The van der Waals surface area contributed by atoms with Crippen LogP contribution in [0.1, 0.15) is 25.3 Å². The topological polar surface area (TPSA) is 21.3 Å². The number of halogens is 1. The molecule has 1 saturated heterocycles. The summed E-state index contributed by atoms with van der Waals surface area (Å²) in [7, 11) is 1.63. The zero-order valence-electron chi connectivity index (χ0n) is 9.30. The van der Waals surface area contributed by atoms with Crippen LogP contribution in [0.4, 0.5) is 0 Å². The van der Waals surface area contributed by atoms with E-state index in [0.29, 0.717) is 10.9 Å². The first-order chi connectivity index (χ1) is 7.04. The van der Waals surface area contributed by atoms with E-state index >= 15 is 0 Å². The molecule has 1 atom stereocenters. The van der Waals surface area contributed by atoms with Crippen LogP contribution in [0.5, 0.6) is 5.75 Å². The second-order valence-corrected chi connectivity index (χ2v) is 4.96. The molecule has 0 radical (unpaired) electrons. The molecule has 1 unspecified atom stereocenters. The maximum atomic E-state index is 6.10. The molecule has 2 rings (SSSR count). The van der Waals surface area contributed by atoms with Crippen molar-refractivity contribution in [2.75, 3.05) is 13.7 Å². The van der Waals surface area contributed by atoms with E-state index in [4.69, 9.17) is 16.3 Å². The third-order valence-electron chi connectivity index (χ3n) is 3.21. The highest BCUT2D eigenvalue weighted by molar-refractivity contribution is 6.32. The van der Waals surface area contributed by atoms with Crippen molar-refractivity contribution < 1.29 is 4.74 Å². The Labute approximate surface area is 95.6 Å². The Balaban J connectivity index is 2.27. The van der Waals surface area contributed by atoms with Crippen LogP contribution in [-0.4, -0.2) is 19.2 Å². The van der Waals surface area contributed by atoms with Crippen LogP contribution in [-0.2, 0) is 0 Å². The molecule has 0 amide bonds. The molecule has 0 aliphatic carbocycles. The second-order valence-electron chi connectivity index (χ2n) is 4.55. The summed E-state index contributed by atoms with van der Waals surface area (Å²) in [5, 5.41) is 4.10. The number of hydrogen-bond acceptors (Lipinski definition) is 2. The lowest BCUT2D eigenvalue weighted by molar-refractivity contribution is 0.208. The van der Waals surface area contributed by atoms with E-state index in [2.05, 4.69) is 25.2 Å². The van der Waals surface area contributed by atoms with Crippen LogP contribution in [0.15, 0.2) is 18.2 Å². The van der Waals surface area contributed by atoms with Crippen molar-refractivity contribution in [1.82, 2.24) is 5.32 Å². The van der Waals surface area contributed by atoms with Crippen molar-refractivity contribution >= 4 is 11.6 Å². The van der Waals surface area contributed by atoms with Crippen LogP contribution in [0.3, 0.4) is 0 Å². The standard InChI is InChI=1S/C12H16ClNO/c1-12(2)9(7-14-12)8-4-5-11(15-3)10(13)6-8/h4-6,9,14H,7H2,1-3H3. The van der Waals surface area contributed by atoms with Gasteiger partial charge in [0.2, 0.25) is 0 Å². The molecule has 0 saturated carbocycles. The zero-order valence-corrected chi connectivity index (χ0v) is 10.1. The van der Waals surface area contributed by atoms with Gasteiger partial charge in [0.15, 0.2) is 0 Å². The van der Waals surface area contributed by atoms with Crippen LogP contribution >= 0.6 is 11.6 Å². The summed E-state index contributed by atoms with van der Waals surface area (Å²) >= 11 is 6.10. The molecule has 1 aromatic rings. The smallest absolute Gasteiger partial charge is 0.137 e. The Morgan fingerprint density at radius 3 is 2.60 bits per heavy atom. The summed E-state index contributed by atoms with van der Waals surface area (Å²) in [4.78, 5) is 0. The molecule has 15 heavy (non-hydrogen) atoms. The summed E-state index contributed by atoms with van der Waals surface area (Å²) in [5.41, 5.74) is 1.46. The highest BCUT2D eigenvalue weighted by atomic mass is 35.5. The van der Waals surface area contributed by atoms with E-state index in [-0.39, 0.29) is 5.54 Å². The van der Waals surface area contributed by atoms with Gasteiger partial charge in [-0.15, -0.1) is 0 Å². The normalized spacial score (nSPS) is 23.3. The van der Waals surface area contributed by atoms with Gasteiger partial charge in [0, 0.05) is 18.0 Å². The van der Waals surface area contributed by atoms with Gasteiger partial charge in [-0.25, -0.2) is 0 Å². The monoisotopic (exact) mass is 225 g/mol. The number of hydrogen-bond donors (Lipinski definition) is 1. The SMILES string of the molecule is COc1ccc(C2CNC2(C)C)cc1Cl. The third-order valence-corrected chi connectivity index (χ3v) is 3.51. The fourth-order valence-corrected chi connectivity index (χ4v) is 2.31. The predicted octanol–water partition coefficient (Wildman–Crippen LogP) is 2.81. The number of rotatable bonds is 2. The summed E-state index contributed by atoms with van der Waals surface area (Å²) in [5.74, 6) is 1.28. The number of methoxy groups -OCH3 is 1. The lowest BCUT2D eigenvalue weighted by Crippen LogP contribution is -2.59. The van der Waals surface area contributed by atoms with E-state index in [9.17, 15) is 0 Å². The van der Waals surface area contributed by atoms with E-state index in [0.717, 1.165) is 12.3 Å². The third kappa shape index (κ3) is 1.84. The predicted molar refractivity (Wildman–Crippen MR) is 62.8 cm³/mol. The van der Waals surface area contributed by atoms with Crippen molar-refractivity contribution in [2.24, 2.45) is 0 Å². The fourth-order valence-electron chi connectivity index (χ4n) is 2.05. The molecule has 1 aromatic carbocycles. The molecular weight excluding hydrogens is 210 g/mol. The zero-order chi connectivity index (χ0) is 11.1. The van der Waals surface area contributed by atoms with E-state index in [1.54, 1.807) is 7.11 Å². The van der Waals surface area contributed by atoms with Gasteiger partial charge < -0.3 is 10.1 Å². The summed E-state index contributed by atoms with van der Waals surface area (Å²) in [6, 6.07) is 6.04. The second kappa shape index (κ2) is 3.69. The highest BCUT2D eigenvalue weighted by Crippen LogP contribution is 2.37. The first-order valence-electron chi connectivity index (χ1n) is 5.13. The molecule has 1 fully saturated rings. The summed E-state index contributed by atoms with van der Waals surface area (Å²) in [6.07, 6.45) is 0. The maximum Gasteiger partial charge on any atom is 0.137 e. The van der Waals surface area contributed by atoms with E-state index in [1.165, 1.54) is 5.56 Å². The number of benzene rings is 1. The first kappa shape index (κ1) is 10.8. The molecule has 2 nitrogen and oxygen atoms in total. The average Bonchev–Trinajstić information content (AvgIpc) is 2.17. The van der Waals surface area contributed by atoms with Crippen molar-refractivity contribution in [2.45, 2.75) is 25.3 Å². The van der Waals surface area contributed by atoms with Gasteiger partial charge in [-0.05, 0) is 31.5 Å². The van der Waals surface area contributed by atoms with Crippen LogP contribution in [0.2, 0.25) is 5.02 Å². The Morgan fingerprint density at radius 2 is 2.20 bits per heavy atom. The lowest BCUT2D eigenvalue weighted by atomic mass is 9.75. The summed E-state index contributed by atoms with van der Waals surface area (Å²) in [6.45, 7) is 5.44. The van der Waals surface area contributed by atoms with Gasteiger partial charge in [-0.2, -0.15) is 0 Å². The Hall–Kier alpha value is -0.730. The largest absolute Gasteiger partial charge is 0.495 e. The Kier molecular flexibility index (Phi) is 2.65. The molecule has 0 bridgehead atoms. The van der Waals surface area contributed by atoms with Crippen molar-refractivity contribution in [3.8, 4) is 5.75 Å². The van der Waals surface area contributed by atoms with Crippen LogP contribution in [0.25, 0.3) is 0 Å². The Morgan fingerprint density at radius 1 is 1.47 bits per heavy atom. The molecule has 0 aromatic heterocycles. The van der Waals surface area contributed by atoms with Gasteiger partial charge in [-0.3, -0.25) is 0 Å². The van der Waals surface area contributed by atoms with Crippen molar-refractivity contribution in [3.05, 3.63) is 28.8 Å². The molecule has 1 heterocycles. The molecule has 1 aliphatic rings. The van der Waals surface area contributed by atoms with Gasteiger partial charge in [-0.1, -0.05) is 17.7 Å². The van der Waals surface area contributed by atoms with Gasteiger partial charge in [0.1, 0.15) is 5.75 Å². The molecule has 1 aliphatic heterocycles. The molecule has 0 spiro atoms. The number of nitrogens with one attached hydrogen (secondary N) is 1. The molecule has 1 N–H and O–H groups in total. The quantitative estimate of drug-likeness (QED) is 0.836. The Bertz CT molecular complexity index is 376. The minimum absolute atomic E-state index is 0.178. The summed E-state index contributed by atoms with van der Waals surface area (Å²) < 4.78 is 5.14. The molecule has 3 heteroatoms. The fraction of sp³-hybridized carbons (Fsp3) is 0.500. The molecular formula is C12H16ClNO. The van der Waals surface area contributed by atoms with Gasteiger partial charge >= 0.3 is 0 Å². The number of ether oxygens (including phenoxy) is 1. The van der Waals surface area contributed by atoms with Gasteiger partial charge in [0.05, 0.1) is 12.1 Å². The minimum atomic E-state index is 0.178. The van der Waals surface area contributed by atoms with Gasteiger partial charge in [0.25, 0.3) is 0 Å². The van der Waals surface area contributed by atoms with E-state index in [1.807, 2.05) is 12.1 Å². The minimum Gasteiger partial charge on any atom is -0.495 e. The maximum absolute atomic E-state index is 6.10. The van der Waals surface area contributed by atoms with Crippen LogP contribution < -0.4 is 10.1 Å². The lowest BCUT2D eigenvalue weighted by Gasteiger charge is -2.46. The average molecular weight is 226 g/mol. The van der Waals surface area contributed by atoms with Crippen molar-refractivity contribution in [3.63, 3.8) is 0 Å².